The third kappa shape index (κ3) is 2.97. The van der Waals surface area contributed by atoms with Gasteiger partial charge in [0.25, 0.3) is 0 Å². The van der Waals surface area contributed by atoms with Crippen molar-refractivity contribution in [2.75, 3.05) is 26.3 Å². The van der Waals surface area contributed by atoms with Crippen LogP contribution in [0.5, 0.6) is 0 Å². The van der Waals surface area contributed by atoms with Crippen LogP contribution in [0.1, 0.15) is 11.7 Å². The molecule has 1 aromatic carbocycles. The van der Waals surface area contributed by atoms with Gasteiger partial charge in [-0.1, -0.05) is 23.7 Å². The van der Waals surface area contributed by atoms with E-state index < -0.39 is 6.61 Å². The summed E-state index contributed by atoms with van der Waals surface area (Å²) in [6.45, 7) is 1.04. The van der Waals surface area contributed by atoms with Gasteiger partial charge in [0, 0.05) is 11.6 Å². The highest BCUT2D eigenvalue weighted by Crippen LogP contribution is 2.23. The van der Waals surface area contributed by atoms with Gasteiger partial charge in [-0.25, -0.2) is 0 Å². The number of rotatable bonds is 2. The Morgan fingerprint density at radius 3 is 2.82 bits per heavy atom. The van der Waals surface area contributed by atoms with Crippen molar-refractivity contribution in [3.8, 4) is 0 Å². The Kier molecular flexibility index (Phi) is 3.99. The highest BCUT2D eigenvalue weighted by atomic mass is 35.5. The van der Waals surface area contributed by atoms with Crippen molar-refractivity contribution < 1.29 is 14.6 Å². The van der Waals surface area contributed by atoms with Crippen LogP contribution in [0.2, 0.25) is 5.02 Å². The predicted octanol–water partition coefficient (Wildman–Crippen LogP) is 1.23. The first-order chi connectivity index (χ1) is 8.20. The number of ether oxygens (including phenoxy) is 1. The first kappa shape index (κ1) is 12.4. The lowest BCUT2D eigenvalue weighted by Gasteiger charge is -2.32. The topological polar surface area (TPSA) is 49.8 Å². The van der Waals surface area contributed by atoms with Gasteiger partial charge in [0.15, 0.2) is 0 Å². The smallest absolute Gasteiger partial charge is 0.248 e. The molecule has 1 N–H and O–H groups in total. The third-order valence-electron chi connectivity index (χ3n) is 2.80. The summed E-state index contributed by atoms with van der Waals surface area (Å²) >= 11 is 5.81. The van der Waals surface area contributed by atoms with Crippen LogP contribution in [-0.2, 0) is 9.53 Å². The van der Waals surface area contributed by atoms with Gasteiger partial charge >= 0.3 is 0 Å². The van der Waals surface area contributed by atoms with E-state index in [9.17, 15) is 4.79 Å². The minimum absolute atomic E-state index is 0.142. The Labute approximate surface area is 105 Å². The maximum atomic E-state index is 11.4. The highest BCUT2D eigenvalue weighted by molar-refractivity contribution is 6.30. The largest absolute Gasteiger partial charge is 0.387 e. The second kappa shape index (κ2) is 5.49. The van der Waals surface area contributed by atoms with E-state index in [1.54, 1.807) is 17.0 Å². The summed E-state index contributed by atoms with van der Waals surface area (Å²) in [5.74, 6) is -0.257. The Bertz CT molecular complexity index is 393. The lowest BCUT2D eigenvalue weighted by Crippen LogP contribution is -2.43. The van der Waals surface area contributed by atoms with Gasteiger partial charge in [-0.2, -0.15) is 0 Å². The molecular weight excluding hydrogens is 242 g/mol. The lowest BCUT2D eigenvalue weighted by molar-refractivity contribution is -0.141. The van der Waals surface area contributed by atoms with Gasteiger partial charge in [-0.15, -0.1) is 0 Å². The maximum Gasteiger partial charge on any atom is 0.248 e. The number of carbonyl (C=O) groups is 1. The Hall–Kier alpha value is -1.10. The van der Waals surface area contributed by atoms with E-state index in [2.05, 4.69) is 0 Å². The van der Waals surface area contributed by atoms with Crippen molar-refractivity contribution in [1.82, 2.24) is 4.90 Å². The summed E-state index contributed by atoms with van der Waals surface area (Å²) in [5.41, 5.74) is 0.991. The van der Waals surface area contributed by atoms with E-state index >= 15 is 0 Å². The number of morpholine rings is 1. The average molecular weight is 256 g/mol. The summed E-state index contributed by atoms with van der Waals surface area (Å²) in [6, 6.07) is 7.37. The fourth-order valence-corrected chi connectivity index (χ4v) is 1.98. The van der Waals surface area contributed by atoms with Crippen molar-refractivity contribution >= 4 is 17.5 Å². The Balaban J connectivity index is 2.06. The molecule has 1 fully saturated rings. The number of benzene rings is 1. The van der Waals surface area contributed by atoms with Crippen LogP contribution in [0.15, 0.2) is 24.3 Å². The van der Waals surface area contributed by atoms with E-state index in [0.717, 1.165) is 5.56 Å². The first-order valence-electron chi connectivity index (χ1n) is 5.46. The molecule has 92 valence electrons. The molecule has 1 aromatic rings. The van der Waals surface area contributed by atoms with Gasteiger partial charge in [0.2, 0.25) is 5.91 Å². The van der Waals surface area contributed by atoms with E-state index in [1.165, 1.54) is 0 Å². The SMILES string of the molecule is O=C(CO)N1CCO[C@H](c2ccc(Cl)cc2)C1. The highest BCUT2D eigenvalue weighted by Gasteiger charge is 2.24. The second-order valence-corrected chi connectivity index (χ2v) is 4.35. The van der Waals surface area contributed by atoms with Crippen molar-refractivity contribution in [2.24, 2.45) is 0 Å². The van der Waals surface area contributed by atoms with E-state index in [1.807, 2.05) is 12.1 Å². The van der Waals surface area contributed by atoms with Crippen molar-refractivity contribution in [2.45, 2.75) is 6.10 Å². The molecule has 1 saturated heterocycles. The number of halogens is 1. The minimum Gasteiger partial charge on any atom is -0.387 e. The fraction of sp³-hybridized carbons (Fsp3) is 0.417. The number of hydrogen-bond acceptors (Lipinski definition) is 3. The Morgan fingerprint density at radius 2 is 2.18 bits per heavy atom. The zero-order chi connectivity index (χ0) is 12.3. The molecule has 0 saturated carbocycles. The molecule has 0 aromatic heterocycles. The van der Waals surface area contributed by atoms with E-state index in [-0.39, 0.29) is 12.0 Å². The number of nitrogens with zero attached hydrogens (tertiary/aromatic N) is 1. The van der Waals surface area contributed by atoms with Gasteiger partial charge < -0.3 is 14.7 Å². The van der Waals surface area contributed by atoms with Crippen LogP contribution in [0.4, 0.5) is 0 Å². The summed E-state index contributed by atoms with van der Waals surface area (Å²) < 4.78 is 5.61. The van der Waals surface area contributed by atoms with Crippen molar-refractivity contribution in [1.29, 1.82) is 0 Å². The molecule has 0 unspecified atom stereocenters. The minimum atomic E-state index is -0.451. The Morgan fingerprint density at radius 1 is 1.47 bits per heavy atom. The molecule has 0 aliphatic carbocycles. The number of carbonyl (C=O) groups excluding carboxylic acids is 1. The van der Waals surface area contributed by atoms with Crippen LogP contribution in [0, 0.1) is 0 Å². The standard InChI is InChI=1S/C12H14ClNO3/c13-10-3-1-9(2-4-10)11-7-14(5-6-17-11)12(16)8-15/h1-4,11,15H,5-8H2/t11-/m0/s1. The van der Waals surface area contributed by atoms with E-state index in [4.69, 9.17) is 21.4 Å². The molecule has 1 atom stereocenters. The lowest BCUT2D eigenvalue weighted by atomic mass is 10.1. The van der Waals surface area contributed by atoms with Crippen LogP contribution in [0.25, 0.3) is 0 Å². The number of aliphatic hydroxyl groups excluding tert-OH is 1. The second-order valence-electron chi connectivity index (χ2n) is 3.91. The van der Waals surface area contributed by atoms with Crippen LogP contribution in [-0.4, -0.2) is 42.2 Å². The summed E-state index contributed by atoms with van der Waals surface area (Å²) in [6.07, 6.45) is -0.142. The summed E-state index contributed by atoms with van der Waals surface area (Å²) in [4.78, 5) is 13.0. The molecule has 1 aliphatic rings. The quantitative estimate of drug-likeness (QED) is 0.865. The summed E-state index contributed by atoms with van der Waals surface area (Å²) in [7, 11) is 0. The molecule has 0 radical (unpaired) electrons. The van der Waals surface area contributed by atoms with Crippen LogP contribution >= 0.6 is 11.6 Å². The first-order valence-corrected chi connectivity index (χ1v) is 5.84. The molecule has 5 heteroatoms. The summed E-state index contributed by atoms with van der Waals surface area (Å²) in [5, 5.41) is 9.50. The maximum absolute atomic E-state index is 11.4. The molecule has 4 nitrogen and oxygen atoms in total. The molecule has 1 aliphatic heterocycles. The molecule has 2 rings (SSSR count). The predicted molar refractivity (Wildman–Crippen MR) is 63.8 cm³/mol. The zero-order valence-corrected chi connectivity index (χ0v) is 10.1. The molecule has 17 heavy (non-hydrogen) atoms. The molecule has 0 bridgehead atoms. The normalized spacial score (nSPS) is 20.4. The monoisotopic (exact) mass is 255 g/mol. The zero-order valence-electron chi connectivity index (χ0n) is 9.30. The third-order valence-corrected chi connectivity index (χ3v) is 3.05. The number of hydrogen-bond donors (Lipinski definition) is 1. The molecule has 0 spiro atoms. The van der Waals surface area contributed by atoms with Gasteiger partial charge in [-0.3, -0.25) is 4.79 Å². The van der Waals surface area contributed by atoms with E-state index in [0.29, 0.717) is 24.7 Å². The number of amides is 1. The molecule has 1 amide bonds. The number of aliphatic hydroxyl groups is 1. The van der Waals surface area contributed by atoms with Crippen LogP contribution < -0.4 is 0 Å². The molecular formula is C12H14ClNO3. The van der Waals surface area contributed by atoms with Crippen molar-refractivity contribution in [3.63, 3.8) is 0 Å². The van der Waals surface area contributed by atoms with Crippen molar-refractivity contribution in [3.05, 3.63) is 34.9 Å². The van der Waals surface area contributed by atoms with Gasteiger partial charge in [0.1, 0.15) is 12.7 Å². The van der Waals surface area contributed by atoms with Crippen LogP contribution in [0.3, 0.4) is 0 Å². The fourth-order valence-electron chi connectivity index (χ4n) is 1.85. The van der Waals surface area contributed by atoms with Gasteiger partial charge in [0.05, 0.1) is 13.2 Å². The average Bonchev–Trinajstić information content (AvgIpc) is 2.39. The van der Waals surface area contributed by atoms with Gasteiger partial charge in [-0.05, 0) is 17.7 Å². The molecule has 1 heterocycles.